The molecule has 1 aliphatic rings. The van der Waals surface area contributed by atoms with Gasteiger partial charge < -0.3 is 23.8 Å². The molecule has 0 N–H and O–H groups in total. The van der Waals surface area contributed by atoms with E-state index in [1.54, 1.807) is 45.9 Å². The lowest BCUT2D eigenvalue weighted by Gasteiger charge is -2.31. The molecule has 35 heavy (non-hydrogen) atoms. The van der Waals surface area contributed by atoms with Crippen LogP contribution in [0.25, 0.3) is 11.4 Å². The zero-order chi connectivity index (χ0) is 24.9. The Morgan fingerprint density at radius 2 is 1.60 bits per heavy atom. The van der Waals surface area contributed by atoms with E-state index in [4.69, 9.17) is 23.9 Å². The number of nitriles is 1. The number of rotatable bonds is 6. The third-order valence-corrected chi connectivity index (χ3v) is 6.01. The van der Waals surface area contributed by atoms with Crippen LogP contribution < -0.4 is 18.9 Å². The Labute approximate surface area is 204 Å². The molecule has 1 aliphatic heterocycles. The predicted octanol–water partition coefficient (Wildman–Crippen LogP) is 4.16. The summed E-state index contributed by atoms with van der Waals surface area (Å²) >= 11 is 0. The number of aromatic nitrogens is 2. The number of fused-ring (bicyclic) bond motifs is 1. The van der Waals surface area contributed by atoms with Gasteiger partial charge in [-0.05, 0) is 42.7 Å². The van der Waals surface area contributed by atoms with Crippen LogP contribution in [0.5, 0.6) is 23.0 Å². The molecule has 0 amide bonds. The average molecular weight is 474 g/mol. The molecule has 0 spiro atoms. The monoisotopic (exact) mass is 473 g/mol. The summed E-state index contributed by atoms with van der Waals surface area (Å²) < 4.78 is 22.1. The van der Waals surface area contributed by atoms with Gasteiger partial charge in [0.05, 0.1) is 45.3 Å². The maximum Gasteiger partial charge on any atom is 0.173 e. The highest BCUT2D eigenvalue weighted by Gasteiger charge is 2.24. The molecule has 3 aromatic rings. The number of benzene rings is 2. The van der Waals surface area contributed by atoms with Gasteiger partial charge in [0, 0.05) is 31.5 Å². The Bertz CT molecular complexity index is 1300. The quantitative estimate of drug-likeness (QED) is 0.389. The third kappa shape index (κ3) is 4.55. The lowest BCUT2D eigenvalue weighted by molar-refractivity contribution is 0.347. The fraction of sp³-hybridized carbons (Fsp3) is 0.308. The van der Waals surface area contributed by atoms with Gasteiger partial charge in [-0.25, -0.2) is 15.0 Å². The molecule has 0 aliphatic carbocycles. The minimum Gasteiger partial charge on any atom is -0.493 e. The molecule has 9 nitrogen and oxygen atoms in total. The highest BCUT2D eigenvalue weighted by molar-refractivity contribution is 5.88. The molecule has 9 heteroatoms. The molecular weight excluding hydrogens is 446 g/mol. The average Bonchev–Trinajstić information content (AvgIpc) is 2.91. The first-order valence-electron chi connectivity index (χ1n) is 11.0. The van der Waals surface area contributed by atoms with Crippen LogP contribution in [-0.2, 0) is 13.0 Å². The highest BCUT2D eigenvalue weighted by atomic mass is 16.5. The van der Waals surface area contributed by atoms with Crippen molar-refractivity contribution in [3.8, 4) is 40.5 Å². The lowest BCUT2D eigenvalue weighted by atomic mass is 9.98. The normalized spacial score (nSPS) is 13.0. The maximum absolute atomic E-state index is 10.1. The number of hydrogen-bond donors (Lipinski definition) is 0. The van der Waals surface area contributed by atoms with E-state index in [1.807, 2.05) is 19.1 Å². The summed E-state index contributed by atoms with van der Waals surface area (Å²) in [5, 5.41) is 10.1. The summed E-state index contributed by atoms with van der Waals surface area (Å²) in [6.45, 7) is 3.37. The molecule has 0 atom stereocenters. The van der Waals surface area contributed by atoms with Crippen LogP contribution in [0.15, 0.2) is 41.7 Å². The van der Waals surface area contributed by atoms with Crippen molar-refractivity contribution in [2.45, 2.75) is 19.9 Å². The van der Waals surface area contributed by atoms with E-state index in [2.05, 4.69) is 20.9 Å². The number of nitrogens with zero attached hydrogens (tertiary/aromatic N) is 5. The van der Waals surface area contributed by atoms with E-state index in [0.717, 1.165) is 30.1 Å². The van der Waals surface area contributed by atoms with E-state index in [-0.39, 0.29) is 0 Å². The number of ether oxygens (including phenoxy) is 4. The predicted molar refractivity (Wildman–Crippen MR) is 132 cm³/mol. The van der Waals surface area contributed by atoms with Crippen molar-refractivity contribution >= 4 is 11.5 Å². The Kier molecular flexibility index (Phi) is 7.01. The SMILES string of the molecule is COc1cc2c(cc1OC)CN(C(C)=Nc1cc(OC)c(OC)c(-c3ncccn3)c1C#N)CC2. The van der Waals surface area contributed by atoms with Gasteiger partial charge in [0.2, 0.25) is 0 Å². The highest BCUT2D eigenvalue weighted by Crippen LogP contribution is 2.44. The number of methoxy groups -OCH3 is 4. The summed E-state index contributed by atoms with van der Waals surface area (Å²) in [6.07, 6.45) is 4.07. The molecule has 0 saturated heterocycles. The molecule has 180 valence electrons. The molecule has 1 aromatic heterocycles. The van der Waals surface area contributed by atoms with Crippen LogP contribution in [0.3, 0.4) is 0 Å². The Hall–Kier alpha value is -4.32. The fourth-order valence-corrected chi connectivity index (χ4v) is 4.23. The number of hydrogen-bond acceptors (Lipinski definition) is 8. The van der Waals surface area contributed by atoms with E-state index in [0.29, 0.717) is 46.4 Å². The van der Waals surface area contributed by atoms with E-state index in [1.165, 1.54) is 12.7 Å². The van der Waals surface area contributed by atoms with Gasteiger partial charge in [0.25, 0.3) is 0 Å². The van der Waals surface area contributed by atoms with Crippen molar-refractivity contribution in [3.05, 3.63) is 53.3 Å². The van der Waals surface area contributed by atoms with Gasteiger partial charge in [-0.3, -0.25) is 0 Å². The van der Waals surface area contributed by atoms with Crippen LogP contribution in [0.2, 0.25) is 0 Å². The first kappa shape index (κ1) is 23.8. The third-order valence-electron chi connectivity index (χ3n) is 6.01. The van der Waals surface area contributed by atoms with Crippen molar-refractivity contribution in [1.29, 1.82) is 5.26 Å². The van der Waals surface area contributed by atoms with Crippen LogP contribution in [0, 0.1) is 11.3 Å². The zero-order valence-electron chi connectivity index (χ0n) is 20.5. The van der Waals surface area contributed by atoms with Crippen molar-refractivity contribution in [2.24, 2.45) is 4.99 Å². The summed E-state index contributed by atoms with van der Waals surface area (Å²) in [7, 11) is 6.34. The van der Waals surface area contributed by atoms with Gasteiger partial charge in [0.15, 0.2) is 28.8 Å². The smallest absolute Gasteiger partial charge is 0.173 e. The van der Waals surface area contributed by atoms with E-state index in [9.17, 15) is 5.26 Å². The minimum atomic E-state index is 0.317. The largest absolute Gasteiger partial charge is 0.493 e. The van der Waals surface area contributed by atoms with Crippen molar-refractivity contribution in [1.82, 2.24) is 14.9 Å². The molecule has 0 saturated carbocycles. The topological polar surface area (TPSA) is 102 Å². The maximum atomic E-state index is 10.1. The molecule has 0 fully saturated rings. The van der Waals surface area contributed by atoms with Gasteiger partial charge in [-0.2, -0.15) is 5.26 Å². The fourth-order valence-electron chi connectivity index (χ4n) is 4.23. The zero-order valence-corrected chi connectivity index (χ0v) is 20.5. The van der Waals surface area contributed by atoms with Gasteiger partial charge in [-0.1, -0.05) is 0 Å². The molecular formula is C26H27N5O4. The Balaban J connectivity index is 1.76. The second kappa shape index (κ2) is 10.3. The number of amidine groups is 1. The summed E-state index contributed by atoms with van der Waals surface area (Å²) in [6, 6.07) is 9.73. The van der Waals surface area contributed by atoms with Crippen LogP contribution in [0.1, 0.15) is 23.6 Å². The van der Waals surface area contributed by atoms with E-state index >= 15 is 0 Å². The molecule has 0 radical (unpaired) electrons. The molecule has 2 heterocycles. The summed E-state index contributed by atoms with van der Waals surface area (Å²) in [5.74, 6) is 3.39. The van der Waals surface area contributed by atoms with Gasteiger partial charge >= 0.3 is 0 Å². The van der Waals surface area contributed by atoms with Crippen molar-refractivity contribution in [2.75, 3.05) is 35.0 Å². The lowest BCUT2D eigenvalue weighted by Crippen LogP contribution is -2.34. The standard InChI is InChI=1S/C26H27N5O4/c1-16(31-10-7-17-11-21(32-2)22(33-3)12-18(17)15-31)30-20-13-23(34-4)25(35-5)24(19(20)14-27)26-28-8-6-9-29-26/h6,8-9,11-13H,7,10,15H2,1-5H3. The van der Waals surface area contributed by atoms with Crippen LogP contribution >= 0.6 is 0 Å². The Morgan fingerprint density at radius 3 is 2.20 bits per heavy atom. The summed E-state index contributed by atoms with van der Waals surface area (Å²) in [4.78, 5) is 15.7. The van der Waals surface area contributed by atoms with Gasteiger partial charge in [0.1, 0.15) is 11.9 Å². The number of aliphatic imine (C=N–C) groups is 1. The van der Waals surface area contributed by atoms with Crippen molar-refractivity contribution in [3.63, 3.8) is 0 Å². The van der Waals surface area contributed by atoms with E-state index < -0.39 is 0 Å². The Morgan fingerprint density at radius 1 is 0.943 bits per heavy atom. The van der Waals surface area contributed by atoms with Crippen molar-refractivity contribution < 1.29 is 18.9 Å². The van der Waals surface area contributed by atoms with Crippen LogP contribution in [-0.4, -0.2) is 55.7 Å². The van der Waals surface area contributed by atoms with Gasteiger partial charge in [-0.15, -0.1) is 0 Å². The molecule has 0 unspecified atom stereocenters. The molecule has 0 bridgehead atoms. The summed E-state index contributed by atoms with van der Waals surface area (Å²) in [5.41, 5.74) is 3.59. The molecule has 2 aromatic carbocycles. The first-order chi connectivity index (χ1) is 17.0. The first-order valence-corrected chi connectivity index (χ1v) is 11.0. The molecule has 4 rings (SSSR count). The van der Waals surface area contributed by atoms with Crippen LogP contribution in [0.4, 0.5) is 5.69 Å². The second-order valence-electron chi connectivity index (χ2n) is 7.87. The minimum absolute atomic E-state index is 0.317. The second-order valence-corrected chi connectivity index (χ2v) is 7.87.